The molecule has 0 unspecified atom stereocenters. The molecule has 1 N–H and O–H groups in total. The van der Waals surface area contributed by atoms with Crippen LogP contribution in [0.5, 0.6) is 0 Å². The average Bonchev–Trinajstić information content (AvgIpc) is 3.42. The number of hydrogen-bond donors (Lipinski definition) is 1. The number of anilines is 4. The predicted molar refractivity (Wildman–Crippen MR) is 118 cm³/mol. The molecule has 0 aliphatic carbocycles. The minimum absolute atomic E-state index is 0.806. The van der Waals surface area contributed by atoms with E-state index in [4.69, 9.17) is 15.0 Å². The van der Waals surface area contributed by atoms with Crippen LogP contribution in [-0.2, 0) is 20.0 Å². The molecule has 0 spiro atoms. The van der Waals surface area contributed by atoms with Gasteiger partial charge in [-0.3, -0.25) is 9.67 Å². The first kappa shape index (κ1) is 18.8. The van der Waals surface area contributed by atoms with Crippen LogP contribution in [-0.4, -0.2) is 44.4 Å². The highest BCUT2D eigenvalue weighted by atomic mass is 15.3. The van der Waals surface area contributed by atoms with Gasteiger partial charge in [-0.25, -0.2) is 4.98 Å². The minimum Gasteiger partial charge on any atom is -0.351 e. The van der Waals surface area contributed by atoms with Gasteiger partial charge in [0, 0.05) is 62.7 Å². The number of rotatable bonds is 4. The summed E-state index contributed by atoms with van der Waals surface area (Å²) in [7, 11) is 1.92. The van der Waals surface area contributed by atoms with E-state index in [1.165, 1.54) is 29.7 Å². The van der Waals surface area contributed by atoms with Crippen molar-refractivity contribution in [3.05, 3.63) is 47.0 Å². The second kappa shape index (κ2) is 7.59. The summed E-state index contributed by atoms with van der Waals surface area (Å²) < 4.78 is 1.82. The van der Waals surface area contributed by atoms with Crippen LogP contribution in [0.4, 0.5) is 23.3 Å². The summed E-state index contributed by atoms with van der Waals surface area (Å²) in [6.07, 6.45) is 7.06. The number of pyridine rings is 1. The van der Waals surface area contributed by atoms with Crippen molar-refractivity contribution >= 4 is 23.3 Å². The van der Waals surface area contributed by atoms with Crippen LogP contribution in [0.25, 0.3) is 0 Å². The van der Waals surface area contributed by atoms with Crippen LogP contribution in [0.2, 0.25) is 0 Å². The number of nitrogens with one attached hydrogen (secondary N) is 1. The van der Waals surface area contributed by atoms with E-state index in [-0.39, 0.29) is 0 Å². The fourth-order valence-corrected chi connectivity index (χ4v) is 4.29. The molecule has 2 aliphatic rings. The lowest BCUT2D eigenvalue weighted by Gasteiger charge is -2.31. The van der Waals surface area contributed by atoms with Crippen molar-refractivity contribution in [2.75, 3.05) is 34.8 Å². The van der Waals surface area contributed by atoms with Crippen molar-refractivity contribution in [3.63, 3.8) is 0 Å². The number of fused-ring (bicyclic) bond motifs is 1. The third kappa shape index (κ3) is 3.46. The Hall–Kier alpha value is -3.16. The second-order valence-electron chi connectivity index (χ2n) is 8.22. The molecule has 2 aliphatic heterocycles. The smallest absolute Gasteiger partial charge is 0.227 e. The number of hydrogen-bond acceptors (Lipinski definition) is 7. The highest BCUT2D eigenvalue weighted by Crippen LogP contribution is 2.30. The van der Waals surface area contributed by atoms with Gasteiger partial charge in [-0.15, -0.1) is 0 Å². The van der Waals surface area contributed by atoms with Crippen LogP contribution in [0.15, 0.2) is 24.5 Å². The van der Waals surface area contributed by atoms with Gasteiger partial charge in [0.2, 0.25) is 5.95 Å². The summed E-state index contributed by atoms with van der Waals surface area (Å²) in [5.74, 6) is 2.88. The topological polar surface area (TPSA) is 75.0 Å². The van der Waals surface area contributed by atoms with Crippen LogP contribution >= 0.6 is 0 Å². The fraction of sp³-hybridized carbons (Fsp3) is 0.455. The standard InChI is InChI=1S/C22H28N8/c1-15-16(2)25-22(29-9-4-5-10-29)27-21(15)30-11-7-19-17(14-30)12-18(13-23-19)26-20-6-8-24-28(20)3/h6,8,12-13,26H,4-5,7,9-11,14H2,1-3H3. The number of aromatic nitrogens is 5. The minimum atomic E-state index is 0.806. The summed E-state index contributed by atoms with van der Waals surface area (Å²) in [6, 6.07) is 4.16. The van der Waals surface area contributed by atoms with E-state index in [9.17, 15) is 0 Å². The fourth-order valence-electron chi connectivity index (χ4n) is 4.29. The average molecular weight is 405 g/mol. The van der Waals surface area contributed by atoms with Gasteiger partial charge in [0.05, 0.1) is 18.1 Å². The normalized spacial score (nSPS) is 16.1. The van der Waals surface area contributed by atoms with E-state index < -0.39 is 0 Å². The molecule has 5 heterocycles. The van der Waals surface area contributed by atoms with Gasteiger partial charge in [-0.1, -0.05) is 0 Å². The maximum Gasteiger partial charge on any atom is 0.227 e. The predicted octanol–water partition coefficient (Wildman–Crippen LogP) is 3.13. The summed E-state index contributed by atoms with van der Waals surface area (Å²) in [4.78, 5) is 19.2. The van der Waals surface area contributed by atoms with E-state index >= 15 is 0 Å². The first-order valence-electron chi connectivity index (χ1n) is 10.7. The molecule has 30 heavy (non-hydrogen) atoms. The molecule has 8 nitrogen and oxygen atoms in total. The zero-order valence-corrected chi connectivity index (χ0v) is 17.9. The summed E-state index contributed by atoms with van der Waals surface area (Å²) in [5, 5.41) is 7.63. The Morgan fingerprint density at radius 2 is 1.87 bits per heavy atom. The second-order valence-corrected chi connectivity index (χ2v) is 8.22. The van der Waals surface area contributed by atoms with Crippen molar-refractivity contribution in [1.29, 1.82) is 0 Å². The quantitative estimate of drug-likeness (QED) is 0.716. The molecule has 0 atom stereocenters. The van der Waals surface area contributed by atoms with Gasteiger partial charge >= 0.3 is 0 Å². The highest BCUT2D eigenvalue weighted by molar-refractivity contribution is 5.59. The third-order valence-electron chi connectivity index (χ3n) is 6.17. The highest BCUT2D eigenvalue weighted by Gasteiger charge is 2.24. The maximum atomic E-state index is 5.00. The molecule has 0 saturated carbocycles. The lowest BCUT2D eigenvalue weighted by Crippen LogP contribution is -2.33. The molecule has 0 amide bonds. The molecule has 8 heteroatoms. The Morgan fingerprint density at radius 1 is 1.03 bits per heavy atom. The lowest BCUT2D eigenvalue weighted by molar-refractivity contribution is 0.696. The zero-order chi connectivity index (χ0) is 20.7. The Kier molecular flexibility index (Phi) is 4.77. The zero-order valence-electron chi connectivity index (χ0n) is 17.9. The van der Waals surface area contributed by atoms with Crippen molar-refractivity contribution in [2.45, 2.75) is 39.7 Å². The monoisotopic (exact) mass is 404 g/mol. The summed E-state index contributed by atoms with van der Waals surface area (Å²) in [5.41, 5.74) is 5.63. The molecular weight excluding hydrogens is 376 g/mol. The van der Waals surface area contributed by atoms with Crippen molar-refractivity contribution in [3.8, 4) is 0 Å². The molecule has 5 rings (SSSR count). The van der Waals surface area contributed by atoms with Crippen LogP contribution < -0.4 is 15.1 Å². The Balaban J connectivity index is 1.42. The van der Waals surface area contributed by atoms with Crippen molar-refractivity contribution < 1.29 is 0 Å². The largest absolute Gasteiger partial charge is 0.351 e. The van der Waals surface area contributed by atoms with E-state index in [2.05, 4.69) is 40.1 Å². The SMILES string of the molecule is Cc1nc(N2CCCC2)nc(N2CCc3ncc(Nc4ccnn4C)cc3C2)c1C. The van der Waals surface area contributed by atoms with Gasteiger partial charge in [-0.2, -0.15) is 10.1 Å². The molecule has 0 bridgehead atoms. The Labute approximate surface area is 177 Å². The Morgan fingerprint density at radius 3 is 2.63 bits per heavy atom. The molecule has 1 fully saturated rings. The van der Waals surface area contributed by atoms with E-state index in [1.807, 2.05) is 24.0 Å². The van der Waals surface area contributed by atoms with Gasteiger partial charge in [-0.05, 0) is 38.3 Å². The van der Waals surface area contributed by atoms with E-state index in [1.54, 1.807) is 6.20 Å². The molecule has 0 radical (unpaired) electrons. The molecule has 156 valence electrons. The Bertz CT molecular complexity index is 1070. The lowest BCUT2D eigenvalue weighted by atomic mass is 10.0. The number of nitrogens with zero attached hydrogens (tertiary/aromatic N) is 7. The molecule has 3 aromatic heterocycles. The molecular formula is C22H28N8. The first-order valence-corrected chi connectivity index (χ1v) is 10.7. The van der Waals surface area contributed by atoms with Gasteiger partial charge < -0.3 is 15.1 Å². The summed E-state index contributed by atoms with van der Waals surface area (Å²) in [6.45, 7) is 8.06. The van der Waals surface area contributed by atoms with Crippen molar-refractivity contribution in [1.82, 2.24) is 24.7 Å². The van der Waals surface area contributed by atoms with Crippen LogP contribution in [0.3, 0.4) is 0 Å². The molecule has 0 aromatic carbocycles. The van der Waals surface area contributed by atoms with Gasteiger partial charge in [0.1, 0.15) is 11.6 Å². The molecule has 1 saturated heterocycles. The van der Waals surface area contributed by atoms with Gasteiger partial charge in [0.15, 0.2) is 0 Å². The van der Waals surface area contributed by atoms with Crippen molar-refractivity contribution in [2.24, 2.45) is 7.05 Å². The maximum absolute atomic E-state index is 5.00. The number of aryl methyl sites for hydroxylation is 2. The van der Waals surface area contributed by atoms with Crippen LogP contribution in [0, 0.1) is 13.8 Å². The van der Waals surface area contributed by atoms with Crippen LogP contribution in [0.1, 0.15) is 35.4 Å². The first-order chi connectivity index (χ1) is 14.6. The third-order valence-corrected chi connectivity index (χ3v) is 6.17. The molecule has 3 aromatic rings. The summed E-state index contributed by atoms with van der Waals surface area (Å²) >= 11 is 0. The van der Waals surface area contributed by atoms with E-state index in [0.717, 1.165) is 61.6 Å². The van der Waals surface area contributed by atoms with E-state index in [0.29, 0.717) is 0 Å². The van der Waals surface area contributed by atoms with Gasteiger partial charge in [0.25, 0.3) is 0 Å².